The fraction of sp³-hybridized carbons (Fsp3) is 0.105. The summed E-state index contributed by atoms with van der Waals surface area (Å²) in [4.78, 5) is 23.6. The van der Waals surface area contributed by atoms with E-state index in [9.17, 15) is 14.9 Å². The van der Waals surface area contributed by atoms with E-state index in [0.29, 0.717) is 21.5 Å². The summed E-state index contributed by atoms with van der Waals surface area (Å²) < 4.78 is 11.6. The molecule has 0 fully saturated rings. The first kappa shape index (κ1) is 20.7. The van der Waals surface area contributed by atoms with E-state index in [0.717, 1.165) is 4.47 Å². The second-order valence-corrected chi connectivity index (χ2v) is 7.02. The highest BCUT2D eigenvalue weighted by Crippen LogP contribution is 2.34. The molecule has 2 aromatic carbocycles. The van der Waals surface area contributed by atoms with Gasteiger partial charge in [-0.15, -0.1) is 0 Å². The quantitative estimate of drug-likeness (QED) is 0.282. The highest BCUT2D eigenvalue weighted by atomic mass is 79.9. The van der Waals surface area contributed by atoms with Gasteiger partial charge in [-0.05, 0) is 42.0 Å². The number of ether oxygens (including phenoxy) is 2. The average molecular weight is 494 g/mol. The number of halogens is 2. The molecule has 0 aromatic heterocycles. The standard InChI is InChI=1S/C19H14Br2N2O4/c1-11(24)27-18-9-16(21)12(7-17(18)26-2)6-13(10-22)19(25)23-15-5-3-4-14(20)8-15/h3-9H,1-2H3,(H,23,25)/b13-6-. The van der Waals surface area contributed by atoms with Gasteiger partial charge in [0.15, 0.2) is 11.5 Å². The molecule has 0 bridgehead atoms. The molecule has 138 valence electrons. The summed E-state index contributed by atoms with van der Waals surface area (Å²) in [6, 6.07) is 12.0. The summed E-state index contributed by atoms with van der Waals surface area (Å²) in [6.07, 6.45) is 1.41. The maximum absolute atomic E-state index is 12.4. The molecule has 0 heterocycles. The van der Waals surface area contributed by atoms with Gasteiger partial charge in [0.1, 0.15) is 11.6 Å². The SMILES string of the molecule is COc1cc(/C=C(/C#N)C(=O)Nc2cccc(Br)c2)c(Br)cc1OC(C)=O. The molecule has 0 aliphatic carbocycles. The Bertz CT molecular complexity index is 965. The van der Waals surface area contributed by atoms with Gasteiger partial charge >= 0.3 is 5.97 Å². The Morgan fingerprint density at radius 2 is 1.93 bits per heavy atom. The van der Waals surface area contributed by atoms with Crippen LogP contribution in [-0.2, 0) is 9.59 Å². The van der Waals surface area contributed by atoms with E-state index in [-0.39, 0.29) is 11.3 Å². The maximum Gasteiger partial charge on any atom is 0.308 e. The second-order valence-electron chi connectivity index (χ2n) is 5.25. The zero-order chi connectivity index (χ0) is 20.0. The minimum absolute atomic E-state index is 0.0991. The minimum Gasteiger partial charge on any atom is -0.493 e. The maximum atomic E-state index is 12.4. The van der Waals surface area contributed by atoms with Crippen molar-refractivity contribution in [2.75, 3.05) is 12.4 Å². The van der Waals surface area contributed by atoms with E-state index in [1.54, 1.807) is 24.3 Å². The van der Waals surface area contributed by atoms with E-state index in [1.807, 2.05) is 12.1 Å². The molecule has 0 spiro atoms. The summed E-state index contributed by atoms with van der Waals surface area (Å²) in [5.41, 5.74) is 0.971. The number of benzene rings is 2. The van der Waals surface area contributed by atoms with Crippen molar-refractivity contribution in [1.29, 1.82) is 5.26 Å². The Kier molecular flexibility index (Phi) is 7.16. The minimum atomic E-state index is -0.550. The summed E-state index contributed by atoms with van der Waals surface area (Å²) in [5, 5.41) is 12.0. The van der Waals surface area contributed by atoms with Gasteiger partial charge in [0.05, 0.1) is 7.11 Å². The third-order valence-electron chi connectivity index (χ3n) is 3.28. The Balaban J connectivity index is 2.35. The molecule has 0 saturated carbocycles. The molecule has 0 unspecified atom stereocenters. The lowest BCUT2D eigenvalue weighted by atomic mass is 10.1. The Labute approximate surface area is 173 Å². The molecular formula is C19H14Br2N2O4. The number of esters is 1. The lowest BCUT2D eigenvalue weighted by molar-refractivity contribution is -0.132. The van der Waals surface area contributed by atoms with Crippen LogP contribution in [-0.4, -0.2) is 19.0 Å². The topological polar surface area (TPSA) is 88.4 Å². The number of anilines is 1. The van der Waals surface area contributed by atoms with Crippen LogP contribution in [0, 0.1) is 11.3 Å². The monoisotopic (exact) mass is 492 g/mol. The fourth-order valence-corrected chi connectivity index (χ4v) is 2.96. The van der Waals surface area contributed by atoms with Crippen molar-refractivity contribution in [2.24, 2.45) is 0 Å². The van der Waals surface area contributed by atoms with Gasteiger partial charge in [-0.1, -0.05) is 37.9 Å². The number of hydrogen-bond acceptors (Lipinski definition) is 5. The van der Waals surface area contributed by atoms with Gasteiger partial charge in [-0.2, -0.15) is 5.26 Å². The lowest BCUT2D eigenvalue weighted by Crippen LogP contribution is -2.13. The molecule has 8 heteroatoms. The zero-order valence-electron chi connectivity index (χ0n) is 14.4. The van der Waals surface area contributed by atoms with Crippen LogP contribution in [0.2, 0.25) is 0 Å². The Morgan fingerprint density at radius 1 is 1.19 bits per heavy atom. The van der Waals surface area contributed by atoms with E-state index < -0.39 is 11.9 Å². The number of carbonyl (C=O) groups is 2. The molecule has 27 heavy (non-hydrogen) atoms. The molecule has 1 N–H and O–H groups in total. The van der Waals surface area contributed by atoms with Crippen LogP contribution in [0.3, 0.4) is 0 Å². The number of nitriles is 1. The van der Waals surface area contributed by atoms with Crippen LogP contribution in [0.5, 0.6) is 11.5 Å². The van der Waals surface area contributed by atoms with Crippen LogP contribution in [0.15, 0.2) is 50.9 Å². The second kappa shape index (κ2) is 9.35. The number of nitrogens with one attached hydrogen (secondary N) is 1. The molecule has 2 aromatic rings. The number of methoxy groups -OCH3 is 1. The summed E-state index contributed by atoms with van der Waals surface area (Å²) >= 11 is 6.67. The van der Waals surface area contributed by atoms with E-state index in [4.69, 9.17) is 9.47 Å². The molecule has 0 aliphatic rings. The van der Waals surface area contributed by atoms with Crippen molar-refractivity contribution in [3.63, 3.8) is 0 Å². The summed E-state index contributed by atoms with van der Waals surface area (Å²) in [7, 11) is 1.43. The highest BCUT2D eigenvalue weighted by molar-refractivity contribution is 9.10. The highest BCUT2D eigenvalue weighted by Gasteiger charge is 2.14. The van der Waals surface area contributed by atoms with Crippen LogP contribution in [0.1, 0.15) is 12.5 Å². The van der Waals surface area contributed by atoms with Crippen LogP contribution < -0.4 is 14.8 Å². The molecular weight excluding hydrogens is 480 g/mol. The molecule has 0 atom stereocenters. The van der Waals surface area contributed by atoms with Crippen LogP contribution in [0.25, 0.3) is 6.08 Å². The number of hydrogen-bond donors (Lipinski definition) is 1. The van der Waals surface area contributed by atoms with Gasteiger partial charge in [0.2, 0.25) is 0 Å². The predicted octanol–water partition coefficient (Wildman–Crippen LogP) is 4.69. The fourth-order valence-electron chi connectivity index (χ4n) is 2.12. The molecule has 2 rings (SSSR count). The first-order valence-corrected chi connectivity index (χ1v) is 9.17. The number of amides is 1. The van der Waals surface area contributed by atoms with Crippen LogP contribution in [0.4, 0.5) is 5.69 Å². The first-order valence-electron chi connectivity index (χ1n) is 7.58. The van der Waals surface area contributed by atoms with Crippen molar-refractivity contribution in [2.45, 2.75) is 6.92 Å². The molecule has 0 aliphatic heterocycles. The smallest absolute Gasteiger partial charge is 0.308 e. The van der Waals surface area contributed by atoms with Gasteiger partial charge in [-0.25, -0.2) is 0 Å². The van der Waals surface area contributed by atoms with Crippen molar-refractivity contribution in [3.8, 4) is 17.6 Å². The van der Waals surface area contributed by atoms with Gasteiger partial charge in [0, 0.05) is 21.6 Å². The molecule has 0 radical (unpaired) electrons. The van der Waals surface area contributed by atoms with Crippen LogP contribution >= 0.6 is 31.9 Å². The summed E-state index contributed by atoms with van der Waals surface area (Å²) in [5.74, 6) is -0.518. The van der Waals surface area contributed by atoms with Crippen molar-refractivity contribution < 1.29 is 19.1 Å². The molecule has 1 amide bonds. The van der Waals surface area contributed by atoms with E-state index in [1.165, 1.54) is 26.2 Å². The van der Waals surface area contributed by atoms with Crippen molar-refractivity contribution in [3.05, 3.63) is 56.5 Å². The molecule has 0 saturated heterocycles. The lowest BCUT2D eigenvalue weighted by Gasteiger charge is -2.11. The third-order valence-corrected chi connectivity index (χ3v) is 4.46. The van der Waals surface area contributed by atoms with E-state index in [2.05, 4.69) is 37.2 Å². The number of rotatable bonds is 5. The number of nitrogens with zero attached hydrogens (tertiary/aromatic N) is 1. The van der Waals surface area contributed by atoms with Gasteiger partial charge in [0.25, 0.3) is 5.91 Å². The van der Waals surface area contributed by atoms with Gasteiger partial charge < -0.3 is 14.8 Å². The van der Waals surface area contributed by atoms with E-state index >= 15 is 0 Å². The largest absolute Gasteiger partial charge is 0.493 e. The Morgan fingerprint density at radius 3 is 2.52 bits per heavy atom. The summed E-state index contributed by atoms with van der Waals surface area (Å²) in [6.45, 7) is 1.28. The zero-order valence-corrected chi connectivity index (χ0v) is 17.5. The van der Waals surface area contributed by atoms with Gasteiger partial charge in [-0.3, -0.25) is 9.59 Å². The average Bonchev–Trinajstić information content (AvgIpc) is 2.60. The Hall–Kier alpha value is -2.63. The predicted molar refractivity (Wildman–Crippen MR) is 108 cm³/mol. The first-order chi connectivity index (χ1) is 12.8. The van der Waals surface area contributed by atoms with Crippen molar-refractivity contribution in [1.82, 2.24) is 0 Å². The third kappa shape index (κ3) is 5.67. The normalized spacial score (nSPS) is 10.7. The molecule has 6 nitrogen and oxygen atoms in total. The van der Waals surface area contributed by atoms with Crippen molar-refractivity contribution >= 4 is 55.5 Å². The number of carbonyl (C=O) groups excluding carboxylic acids is 2.